The summed E-state index contributed by atoms with van der Waals surface area (Å²) < 4.78 is 5.00. The molecule has 1 amide bonds. The first-order valence-corrected chi connectivity index (χ1v) is 6.09. The van der Waals surface area contributed by atoms with E-state index in [9.17, 15) is 4.79 Å². The summed E-state index contributed by atoms with van der Waals surface area (Å²) in [6.45, 7) is 0.212. The number of ether oxygens (including phenoxy) is 1. The van der Waals surface area contributed by atoms with Gasteiger partial charge in [0.2, 0.25) is 0 Å². The standard InChI is InChI=1S/C15H15N3O2/c16-14-8-6-12(7-9-14)10-17-18-15(19)20-11-13-4-2-1-3-5-13/h1-10H,11,16H2,(H,18,19). The van der Waals surface area contributed by atoms with Gasteiger partial charge in [-0.1, -0.05) is 42.5 Å². The molecule has 0 aromatic heterocycles. The molecule has 0 aliphatic rings. The molecule has 5 nitrogen and oxygen atoms in total. The number of anilines is 1. The van der Waals surface area contributed by atoms with Crippen molar-refractivity contribution in [1.29, 1.82) is 0 Å². The molecule has 0 heterocycles. The number of hydrogen-bond acceptors (Lipinski definition) is 4. The normalized spacial score (nSPS) is 10.4. The van der Waals surface area contributed by atoms with Crippen LogP contribution in [0.25, 0.3) is 0 Å². The number of benzene rings is 2. The highest BCUT2D eigenvalue weighted by Crippen LogP contribution is 2.03. The largest absolute Gasteiger partial charge is 0.443 e. The Bertz CT molecular complexity index is 580. The van der Waals surface area contributed by atoms with Crippen molar-refractivity contribution in [3.63, 3.8) is 0 Å². The third-order valence-electron chi connectivity index (χ3n) is 2.52. The number of nitrogens with two attached hydrogens (primary N) is 1. The molecule has 0 bridgehead atoms. The number of hydrogen-bond donors (Lipinski definition) is 2. The van der Waals surface area contributed by atoms with Crippen molar-refractivity contribution in [3.05, 3.63) is 65.7 Å². The molecule has 0 aliphatic carbocycles. The van der Waals surface area contributed by atoms with E-state index in [0.29, 0.717) is 5.69 Å². The van der Waals surface area contributed by atoms with Crippen LogP contribution in [0.5, 0.6) is 0 Å². The SMILES string of the molecule is Nc1ccc(C=NNC(=O)OCc2ccccc2)cc1. The van der Waals surface area contributed by atoms with Crippen LogP contribution in [-0.2, 0) is 11.3 Å². The lowest BCUT2D eigenvalue weighted by molar-refractivity contribution is 0.140. The van der Waals surface area contributed by atoms with Crippen LogP contribution in [0.1, 0.15) is 11.1 Å². The molecule has 0 fully saturated rings. The fourth-order valence-corrected chi connectivity index (χ4v) is 1.50. The lowest BCUT2D eigenvalue weighted by Gasteiger charge is -2.03. The lowest BCUT2D eigenvalue weighted by atomic mass is 10.2. The van der Waals surface area contributed by atoms with E-state index >= 15 is 0 Å². The summed E-state index contributed by atoms with van der Waals surface area (Å²) in [7, 11) is 0. The van der Waals surface area contributed by atoms with Gasteiger partial charge in [0.25, 0.3) is 0 Å². The van der Waals surface area contributed by atoms with Crippen molar-refractivity contribution < 1.29 is 9.53 Å². The van der Waals surface area contributed by atoms with E-state index in [1.165, 1.54) is 6.21 Å². The molecule has 2 aromatic rings. The van der Waals surface area contributed by atoms with E-state index in [-0.39, 0.29) is 6.61 Å². The average Bonchev–Trinajstić information content (AvgIpc) is 2.48. The van der Waals surface area contributed by atoms with Crippen LogP contribution < -0.4 is 11.2 Å². The molecular weight excluding hydrogens is 254 g/mol. The summed E-state index contributed by atoms with van der Waals surface area (Å²) in [5.41, 5.74) is 10.3. The van der Waals surface area contributed by atoms with Gasteiger partial charge in [-0.05, 0) is 23.3 Å². The van der Waals surface area contributed by atoms with Crippen molar-refractivity contribution in [2.24, 2.45) is 5.10 Å². The zero-order chi connectivity index (χ0) is 14.2. The Morgan fingerprint density at radius 2 is 1.85 bits per heavy atom. The zero-order valence-corrected chi connectivity index (χ0v) is 10.8. The van der Waals surface area contributed by atoms with Crippen LogP contribution in [-0.4, -0.2) is 12.3 Å². The quantitative estimate of drug-likeness (QED) is 0.508. The van der Waals surface area contributed by atoms with Crippen molar-refractivity contribution in [2.75, 3.05) is 5.73 Å². The number of carbonyl (C=O) groups is 1. The summed E-state index contributed by atoms with van der Waals surface area (Å²) >= 11 is 0. The molecule has 0 atom stereocenters. The molecule has 2 rings (SSSR count). The van der Waals surface area contributed by atoms with Crippen LogP contribution in [0, 0.1) is 0 Å². The van der Waals surface area contributed by atoms with Crippen molar-refractivity contribution in [3.8, 4) is 0 Å². The number of nitrogens with zero attached hydrogens (tertiary/aromatic N) is 1. The van der Waals surface area contributed by atoms with Gasteiger partial charge in [0.1, 0.15) is 6.61 Å². The predicted molar refractivity (Wildman–Crippen MR) is 78.2 cm³/mol. The second kappa shape index (κ2) is 6.94. The maximum absolute atomic E-state index is 11.4. The Labute approximate surface area is 117 Å². The van der Waals surface area contributed by atoms with Crippen molar-refractivity contribution >= 4 is 18.0 Å². The third kappa shape index (κ3) is 4.45. The monoisotopic (exact) mass is 269 g/mol. The van der Waals surface area contributed by atoms with Gasteiger partial charge in [-0.25, -0.2) is 10.2 Å². The molecule has 0 radical (unpaired) electrons. The van der Waals surface area contributed by atoms with E-state index in [0.717, 1.165) is 11.1 Å². The smallest absolute Gasteiger partial charge is 0.428 e. The second-order valence-corrected chi connectivity index (χ2v) is 4.10. The summed E-state index contributed by atoms with van der Waals surface area (Å²) in [4.78, 5) is 11.4. The second-order valence-electron chi connectivity index (χ2n) is 4.10. The highest BCUT2D eigenvalue weighted by molar-refractivity contribution is 5.81. The first kappa shape index (κ1) is 13.6. The highest BCUT2D eigenvalue weighted by atomic mass is 16.5. The van der Waals surface area contributed by atoms with Crippen LogP contribution in [0.15, 0.2) is 59.7 Å². The Morgan fingerprint density at radius 1 is 1.15 bits per heavy atom. The molecular formula is C15H15N3O2. The molecule has 3 N–H and O–H groups in total. The van der Waals surface area contributed by atoms with Crippen LogP contribution in [0.3, 0.4) is 0 Å². The van der Waals surface area contributed by atoms with Gasteiger partial charge in [0, 0.05) is 5.69 Å². The number of hydrazone groups is 1. The van der Waals surface area contributed by atoms with Crippen LogP contribution in [0.2, 0.25) is 0 Å². The molecule has 0 spiro atoms. The van der Waals surface area contributed by atoms with Crippen molar-refractivity contribution in [2.45, 2.75) is 6.61 Å². The molecule has 5 heteroatoms. The molecule has 102 valence electrons. The fraction of sp³-hybridized carbons (Fsp3) is 0.0667. The number of nitrogen functional groups attached to an aromatic ring is 1. The lowest BCUT2D eigenvalue weighted by Crippen LogP contribution is -2.18. The summed E-state index contributed by atoms with van der Waals surface area (Å²) in [5, 5.41) is 3.79. The topological polar surface area (TPSA) is 76.7 Å². The highest BCUT2D eigenvalue weighted by Gasteiger charge is 1.99. The fourth-order valence-electron chi connectivity index (χ4n) is 1.50. The Morgan fingerprint density at radius 3 is 2.55 bits per heavy atom. The number of carbonyl (C=O) groups excluding carboxylic acids is 1. The summed E-state index contributed by atoms with van der Waals surface area (Å²) in [6.07, 6.45) is 0.920. The first-order valence-electron chi connectivity index (χ1n) is 6.09. The summed E-state index contributed by atoms with van der Waals surface area (Å²) in [5.74, 6) is 0. The Hall–Kier alpha value is -2.82. The predicted octanol–water partition coefficient (Wildman–Crippen LogP) is 2.53. The minimum absolute atomic E-state index is 0.212. The van der Waals surface area contributed by atoms with Gasteiger partial charge in [0.05, 0.1) is 6.21 Å². The van der Waals surface area contributed by atoms with Gasteiger partial charge in [-0.2, -0.15) is 5.10 Å². The minimum Gasteiger partial charge on any atom is -0.443 e. The number of rotatable bonds is 4. The average molecular weight is 269 g/mol. The summed E-state index contributed by atoms with van der Waals surface area (Å²) in [6, 6.07) is 16.6. The van der Waals surface area contributed by atoms with Gasteiger partial charge in [0.15, 0.2) is 0 Å². The van der Waals surface area contributed by atoms with E-state index in [1.807, 2.05) is 30.3 Å². The first-order chi connectivity index (χ1) is 9.74. The van der Waals surface area contributed by atoms with Crippen molar-refractivity contribution in [1.82, 2.24) is 5.43 Å². The molecule has 20 heavy (non-hydrogen) atoms. The Kier molecular flexibility index (Phi) is 4.72. The maximum atomic E-state index is 11.4. The maximum Gasteiger partial charge on any atom is 0.428 e. The zero-order valence-electron chi connectivity index (χ0n) is 10.8. The number of amides is 1. The van der Waals surface area contributed by atoms with Gasteiger partial charge in [-0.3, -0.25) is 0 Å². The third-order valence-corrected chi connectivity index (χ3v) is 2.52. The molecule has 0 saturated carbocycles. The minimum atomic E-state index is -0.597. The van der Waals surface area contributed by atoms with Gasteiger partial charge >= 0.3 is 6.09 Å². The van der Waals surface area contributed by atoms with Gasteiger partial charge < -0.3 is 10.5 Å². The molecule has 2 aromatic carbocycles. The van der Waals surface area contributed by atoms with Gasteiger partial charge in [-0.15, -0.1) is 0 Å². The van der Waals surface area contributed by atoms with E-state index in [4.69, 9.17) is 10.5 Å². The van der Waals surface area contributed by atoms with Crippen LogP contribution >= 0.6 is 0 Å². The van der Waals surface area contributed by atoms with E-state index < -0.39 is 6.09 Å². The number of nitrogens with one attached hydrogen (secondary N) is 1. The van der Waals surface area contributed by atoms with Crippen LogP contribution in [0.4, 0.5) is 10.5 Å². The Balaban J connectivity index is 1.76. The molecule has 0 unspecified atom stereocenters. The van der Waals surface area contributed by atoms with E-state index in [2.05, 4.69) is 10.5 Å². The molecule has 0 saturated heterocycles. The molecule has 0 aliphatic heterocycles. The van der Waals surface area contributed by atoms with E-state index in [1.54, 1.807) is 24.3 Å².